The first-order chi connectivity index (χ1) is 12.1. The van der Waals surface area contributed by atoms with Gasteiger partial charge in [0.25, 0.3) is 5.91 Å². The van der Waals surface area contributed by atoms with Crippen LogP contribution in [0.2, 0.25) is 0 Å². The van der Waals surface area contributed by atoms with E-state index in [9.17, 15) is 14.4 Å². The van der Waals surface area contributed by atoms with Crippen LogP contribution in [0.15, 0.2) is 48.0 Å². The normalized spacial score (nSPS) is 10.4. The Morgan fingerprint density at radius 3 is 2.76 bits per heavy atom. The molecule has 1 aromatic carbocycles. The first kappa shape index (κ1) is 16.7. The molecule has 0 bridgehead atoms. The number of fused-ring (bicyclic) bond motifs is 1. The summed E-state index contributed by atoms with van der Waals surface area (Å²) in [6.45, 7) is -0.212. The summed E-state index contributed by atoms with van der Waals surface area (Å²) < 4.78 is 4.96. The Morgan fingerprint density at radius 1 is 1.12 bits per heavy atom. The number of imide groups is 1. The third-order valence-electron chi connectivity index (χ3n) is 3.40. The van der Waals surface area contributed by atoms with Gasteiger partial charge in [0.2, 0.25) is 0 Å². The van der Waals surface area contributed by atoms with E-state index in [0.717, 1.165) is 10.4 Å². The van der Waals surface area contributed by atoms with Gasteiger partial charge >= 0.3 is 12.0 Å². The number of para-hydroxylation sites is 1. The van der Waals surface area contributed by atoms with Crippen molar-refractivity contribution in [1.82, 2.24) is 15.6 Å². The number of thiophene rings is 1. The summed E-state index contributed by atoms with van der Waals surface area (Å²) in [5.74, 6) is -1.33. The molecule has 25 heavy (non-hydrogen) atoms. The molecule has 0 aliphatic heterocycles. The lowest BCUT2D eigenvalue weighted by Gasteiger charge is -2.06. The molecule has 0 atom stereocenters. The summed E-state index contributed by atoms with van der Waals surface area (Å²) in [6, 6.07) is 10.4. The van der Waals surface area contributed by atoms with Gasteiger partial charge in [0.15, 0.2) is 6.61 Å². The Labute approximate surface area is 147 Å². The summed E-state index contributed by atoms with van der Waals surface area (Å²) in [7, 11) is 0. The Hall–Kier alpha value is -3.13. The second-order valence-corrected chi connectivity index (χ2v) is 6.17. The van der Waals surface area contributed by atoms with Crippen LogP contribution in [0.5, 0.6) is 0 Å². The quantitative estimate of drug-likeness (QED) is 0.611. The minimum Gasteiger partial charge on any atom is -0.452 e. The molecule has 7 nitrogen and oxygen atoms in total. The van der Waals surface area contributed by atoms with E-state index >= 15 is 0 Å². The summed E-state index contributed by atoms with van der Waals surface area (Å²) in [5, 5.41) is 7.26. The minimum atomic E-state index is -0.697. The lowest BCUT2D eigenvalue weighted by atomic mass is 10.2. The van der Waals surface area contributed by atoms with Crippen LogP contribution >= 0.6 is 11.3 Å². The van der Waals surface area contributed by atoms with Crippen molar-refractivity contribution in [2.24, 2.45) is 0 Å². The number of amides is 3. The minimum absolute atomic E-state index is 0.325. The van der Waals surface area contributed by atoms with E-state index in [1.54, 1.807) is 12.1 Å². The maximum atomic E-state index is 12.1. The van der Waals surface area contributed by atoms with Gasteiger partial charge in [-0.25, -0.2) is 9.59 Å². The number of benzene rings is 1. The number of carbonyl (C=O) groups is 3. The number of hydrogen-bond donors (Lipinski definition) is 3. The Morgan fingerprint density at radius 2 is 1.96 bits per heavy atom. The Balaban J connectivity index is 1.47. The standard InChI is InChI=1S/C17H15N3O4S/c21-15(20-17(23)19-8-11-4-3-7-25-11)10-24-16(22)13-9-18-14-6-2-1-5-12(13)14/h1-7,9,18H,8,10H2,(H2,19,20,21,23). The summed E-state index contributed by atoms with van der Waals surface area (Å²) in [4.78, 5) is 39.3. The van der Waals surface area contributed by atoms with E-state index in [0.29, 0.717) is 17.5 Å². The first-order valence-corrected chi connectivity index (χ1v) is 8.35. The summed E-state index contributed by atoms with van der Waals surface area (Å²) in [5.41, 5.74) is 1.14. The molecule has 0 radical (unpaired) electrons. The second kappa shape index (κ2) is 7.63. The van der Waals surface area contributed by atoms with Gasteiger partial charge in [0.05, 0.1) is 12.1 Å². The molecule has 8 heteroatoms. The smallest absolute Gasteiger partial charge is 0.340 e. The largest absolute Gasteiger partial charge is 0.452 e. The lowest BCUT2D eigenvalue weighted by Crippen LogP contribution is -2.41. The topological polar surface area (TPSA) is 100 Å². The van der Waals surface area contributed by atoms with Crippen LogP contribution in [0.3, 0.4) is 0 Å². The van der Waals surface area contributed by atoms with Crippen LogP contribution in [0, 0.1) is 0 Å². The van der Waals surface area contributed by atoms with Crippen molar-refractivity contribution in [3.05, 3.63) is 58.4 Å². The molecule has 3 rings (SSSR count). The molecule has 2 heterocycles. The number of nitrogens with one attached hydrogen (secondary N) is 3. The number of hydrogen-bond acceptors (Lipinski definition) is 5. The van der Waals surface area contributed by atoms with E-state index in [2.05, 4.69) is 15.6 Å². The second-order valence-electron chi connectivity index (χ2n) is 5.13. The number of urea groups is 1. The van der Waals surface area contributed by atoms with Crippen LogP contribution in [0.1, 0.15) is 15.2 Å². The molecule has 0 spiro atoms. The van der Waals surface area contributed by atoms with Gasteiger partial charge < -0.3 is 15.0 Å². The molecule has 3 aromatic rings. The zero-order valence-electron chi connectivity index (χ0n) is 13.1. The highest BCUT2D eigenvalue weighted by Crippen LogP contribution is 2.18. The van der Waals surface area contributed by atoms with Crippen molar-refractivity contribution >= 4 is 40.1 Å². The molecule has 3 amide bonds. The van der Waals surface area contributed by atoms with E-state index in [-0.39, 0.29) is 0 Å². The molecule has 0 saturated carbocycles. The van der Waals surface area contributed by atoms with Gasteiger partial charge in [-0.1, -0.05) is 24.3 Å². The highest BCUT2D eigenvalue weighted by atomic mass is 32.1. The predicted molar refractivity (Wildman–Crippen MR) is 93.3 cm³/mol. The number of aromatic amines is 1. The highest BCUT2D eigenvalue weighted by Gasteiger charge is 2.15. The fourth-order valence-electron chi connectivity index (χ4n) is 2.24. The van der Waals surface area contributed by atoms with Gasteiger partial charge in [0, 0.05) is 22.0 Å². The molecule has 0 aliphatic rings. The van der Waals surface area contributed by atoms with Crippen molar-refractivity contribution in [2.45, 2.75) is 6.54 Å². The van der Waals surface area contributed by atoms with Gasteiger partial charge in [-0.2, -0.15) is 0 Å². The molecule has 128 valence electrons. The molecular weight excluding hydrogens is 342 g/mol. The predicted octanol–water partition coefficient (Wildman–Crippen LogP) is 2.41. The zero-order valence-corrected chi connectivity index (χ0v) is 13.9. The Bertz CT molecular complexity index is 902. The van der Waals surface area contributed by atoms with Crippen LogP contribution in [-0.2, 0) is 16.1 Å². The molecule has 2 aromatic heterocycles. The van der Waals surface area contributed by atoms with E-state index in [1.165, 1.54) is 17.5 Å². The van der Waals surface area contributed by atoms with Crippen molar-refractivity contribution in [2.75, 3.05) is 6.61 Å². The van der Waals surface area contributed by atoms with Gasteiger partial charge in [-0.05, 0) is 17.5 Å². The SMILES string of the molecule is O=C(COC(=O)c1c[nH]c2ccccc12)NC(=O)NCc1cccs1. The van der Waals surface area contributed by atoms with Crippen LogP contribution < -0.4 is 10.6 Å². The fourth-order valence-corrected chi connectivity index (χ4v) is 2.88. The molecule has 0 aliphatic carbocycles. The number of esters is 1. The maximum absolute atomic E-state index is 12.1. The lowest BCUT2D eigenvalue weighted by molar-refractivity contribution is -0.123. The number of rotatable bonds is 5. The Kier molecular flexibility index (Phi) is 5.10. The number of H-pyrrole nitrogens is 1. The number of carbonyl (C=O) groups excluding carboxylic acids is 3. The summed E-state index contributed by atoms with van der Waals surface area (Å²) in [6.07, 6.45) is 1.53. The molecule has 0 fully saturated rings. The van der Waals surface area contributed by atoms with Crippen molar-refractivity contribution in [3.63, 3.8) is 0 Å². The zero-order chi connectivity index (χ0) is 17.6. The highest BCUT2D eigenvalue weighted by molar-refractivity contribution is 7.09. The maximum Gasteiger partial charge on any atom is 0.340 e. The van der Waals surface area contributed by atoms with Crippen molar-refractivity contribution in [1.29, 1.82) is 0 Å². The fraction of sp³-hybridized carbons (Fsp3) is 0.118. The average molecular weight is 357 g/mol. The first-order valence-electron chi connectivity index (χ1n) is 7.47. The average Bonchev–Trinajstić information content (AvgIpc) is 3.27. The van der Waals surface area contributed by atoms with E-state index in [4.69, 9.17) is 4.74 Å². The van der Waals surface area contributed by atoms with Crippen LogP contribution in [-0.4, -0.2) is 29.5 Å². The molecular formula is C17H15N3O4S. The van der Waals surface area contributed by atoms with Gasteiger partial charge in [0.1, 0.15) is 0 Å². The number of aromatic nitrogens is 1. The van der Waals surface area contributed by atoms with Crippen molar-refractivity contribution in [3.8, 4) is 0 Å². The monoisotopic (exact) mass is 357 g/mol. The third-order valence-corrected chi connectivity index (χ3v) is 4.28. The molecule has 0 saturated heterocycles. The number of ether oxygens (including phenoxy) is 1. The van der Waals surface area contributed by atoms with E-state index < -0.39 is 24.5 Å². The molecule has 3 N–H and O–H groups in total. The van der Waals surface area contributed by atoms with E-state index in [1.807, 2.05) is 29.6 Å². The van der Waals surface area contributed by atoms with Gasteiger partial charge in [-0.3, -0.25) is 10.1 Å². The van der Waals surface area contributed by atoms with Gasteiger partial charge in [-0.15, -0.1) is 11.3 Å². The van der Waals surface area contributed by atoms with Crippen molar-refractivity contribution < 1.29 is 19.1 Å². The summed E-state index contributed by atoms with van der Waals surface area (Å²) >= 11 is 1.50. The third kappa shape index (κ3) is 4.24. The van der Waals surface area contributed by atoms with Crippen LogP contribution in [0.25, 0.3) is 10.9 Å². The van der Waals surface area contributed by atoms with Crippen LogP contribution in [0.4, 0.5) is 4.79 Å². The molecule has 0 unspecified atom stereocenters.